The molecule has 70 heavy (non-hydrogen) atoms. The Morgan fingerprint density at radius 2 is 0.557 bits per heavy atom. The summed E-state index contributed by atoms with van der Waals surface area (Å²) in [6.07, 6.45) is 72.6. The lowest BCUT2D eigenvalue weighted by Crippen LogP contribution is -2.30. The number of ether oxygens (including phenoxy) is 3. The normalized spacial score (nSPS) is 12.3. The highest BCUT2D eigenvalue weighted by molar-refractivity contribution is 5.71. The maximum atomic E-state index is 12.9. The molecule has 0 aromatic rings. The largest absolute Gasteiger partial charge is 0.462 e. The zero-order chi connectivity index (χ0) is 50.7. The first-order chi connectivity index (χ1) is 34.5. The molecule has 0 amide bonds. The van der Waals surface area contributed by atoms with Crippen LogP contribution in [-0.2, 0) is 28.6 Å². The van der Waals surface area contributed by atoms with Crippen molar-refractivity contribution in [2.24, 2.45) is 0 Å². The van der Waals surface area contributed by atoms with Gasteiger partial charge < -0.3 is 14.2 Å². The molecule has 6 nitrogen and oxygen atoms in total. The van der Waals surface area contributed by atoms with Gasteiger partial charge in [-0.1, -0.05) is 294 Å². The van der Waals surface area contributed by atoms with Crippen molar-refractivity contribution in [2.75, 3.05) is 13.2 Å². The maximum Gasteiger partial charge on any atom is 0.306 e. The quantitative estimate of drug-likeness (QED) is 0.0261. The average Bonchev–Trinajstić information content (AvgIpc) is 3.36. The predicted molar refractivity (Wildman–Crippen MR) is 302 cm³/mol. The Morgan fingerprint density at radius 3 is 0.871 bits per heavy atom. The first kappa shape index (κ1) is 67.4. The van der Waals surface area contributed by atoms with Crippen LogP contribution in [0.3, 0.4) is 0 Å². The van der Waals surface area contributed by atoms with Gasteiger partial charge in [-0.3, -0.25) is 14.4 Å². The van der Waals surface area contributed by atoms with Gasteiger partial charge in [0.15, 0.2) is 6.10 Å². The molecule has 0 aliphatic heterocycles. The van der Waals surface area contributed by atoms with Gasteiger partial charge >= 0.3 is 17.9 Å². The fourth-order valence-electron chi connectivity index (χ4n) is 9.02. The van der Waals surface area contributed by atoms with Gasteiger partial charge in [-0.15, -0.1) is 0 Å². The summed E-state index contributed by atoms with van der Waals surface area (Å²) in [7, 11) is 0. The molecule has 0 saturated carbocycles. The summed E-state index contributed by atoms with van der Waals surface area (Å²) in [6, 6.07) is 0. The highest BCUT2D eigenvalue weighted by atomic mass is 16.6. The minimum atomic E-state index is -0.768. The Balaban J connectivity index is 4.18. The van der Waals surface area contributed by atoms with Crippen molar-refractivity contribution in [3.63, 3.8) is 0 Å². The van der Waals surface area contributed by atoms with Gasteiger partial charge in [-0.25, -0.2) is 0 Å². The number of carbonyl (C=O) groups is 3. The smallest absolute Gasteiger partial charge is 0.306 e. The summed E-state index contributed by atoms with van der Waals surface area (Å²) < 4.78 is 16.9. The lowest BCUT2D eigenvalue weighted by molar-refractivity contribution is -0.167. The van der Waals surface area contributed by atoms with E-state index >= 15 is 0 Å². The number of allylic oxidation sites excluding steroid dienone is 8. The predicted octanol–water partition coefficient (Wildman–Crippen LogP) is 20.6. The van der Waals surface area contributed by atoms with Crippen molar-refractivity contribution in [2.45, 2.75) is 329 Å². The van der Waals surface area contributed by atoms with Crippen LogP contribution in [0.4, 0.5) is 0 Å². The van der Waals surface area contributed by atoms with Gasteiger partial charge in [-0.05, 0) is 57.8 Å². The number of unbranched alkanes of at least 4 members (excludes halogenated alkanes) is 37. The molecule has 0 rings (SSSR count). The molecule has 1 atom stereocenters. The van der Waals surface area contributed by atoms with Gasteiger partial charge in [0, 0.05) is 19.3 Å². The third-order valence-electron chi connectivity index (χ3n) is 13.6. The van der Waals surface area contributed by atoms with Crippen LogP contribution in [0.2, 0.25) is 0 Å². The molecule has 0 aliphatic carbocycles. The zero-order valence-corrected chi connectivity index (χ0v) is 46.8. The van der Waals surface area contributed by atoms with Crippen molar-refractivity contribution >= 4 is 17.9 Å². The first-order valence-electron chi connectivity index (χ1n) is 30.6. The van der Waals surface area contributed by atoms with Crippen molar-refractivity contribution in [3.05, 3.63) is 48.6 Å². The Kier molecular flexibility index (Phi) is 56.7. The van der Waals surface area contributed by atoms with Crippen LogP contribution in [0.1, 0.15) is 323 Å². The number of esters is 3. The van der Waals surface area contributed by atoms with E-state index in [0.717, 1.165) is 83.5 Å². The second kappa shape index (κ2) is 58.9. The first-order valence-corrected chi connectivity index (χ1v) is 30.6. The molecule has 0 aromatic heterocycles. The summed E-state index contributed by atoms with van der Waals surface area (Å²) in [4.78, 5) is 38.1. The van der Waals surface area contributed by atoms with Gasteiger partial charge in [-0.2, -0.15) is 0 Å². The third kappa shape index (κ3) is 56.3. The molecule has 1 unspecified atom stereocenters. The molecule has 0 bridgehead atoms. The maximum absolute atomic E-state index is 12.9. The molecule has 0 fully saturated rings. The Morgan fingerprint density at radius 1 is 0.300 bits per heavy atom. The van der Waals surface area contributed by atoms with E-state index in [-0.39, 0.29) is 31.1 Å². The highest BCUT2D eigenvalue weighted by Crippen LogP contribution is 2.17. The minimum Gasteiger partial charge on any atom is -0.462 e. The second-order valence-corrected chi connectivity index (χ2v) is 20.6. The van der Waals surface area contributed by atoms with Crippen molar-refractivity contribution in [1.82, 2.24) is 0 Å². The standard InChI is InChI=1S/C64H116O6/c1-4-7-10-13-16-19-21-23-25-27-29-30-31-32-33-34-35-37-38-40-42-45-48-51-54-57-63(66)69-60-61(59-68-62(65)56-53-50-47-44-18-15-12-9-6-3)70-64(67)58-55-52-49-46-43-41-39-36-28-26-24-22-20-17-14-11-8-5-2/h7,10,16,19,23,25,29-30,61H,4-6,8-9,11-15,17-18,20-22,24,26-28,31-60H2,1-3H3/b10-7-,19-16-,25-23-,30-29-. The molecule has 0 saturated heterocycles. The molecule has 0 radical (unpaired) electrons. The third-order valence-corrected chi connectivity index (χ3v) is 13.6. The van der Waals surface area contributed by atoms with E-state index in [4.69, 9.17) is 14.2 Å². The van der Waals surface area contributed by atoms with Gasteiger partial charge in [0.1, 0.15) is 13.2 Å². The summed E-state index contributed by atoms with van der Waals surface area (Å²) in [6.45, 7) is 6.55. The highest BCUT2D eigenvalue weighted by Gasteiger charge is 2.19. The van der Waals surface area contributed by atoms with Crippen molar-refractivity contribution in [3.8, 4) is 0 Å². The van der Waals surface area contributed by atoms with Gasteiger partial charge in [0.25, 0.3) is 0 Å². The van der Waals surface area contributed by atoms with Crippen LogP contribution in [0.25, 0.3) is 0 Å². The Labute approximate surface area is 435 Å². The summed E-state index contributed by atoms with van der Waals surface area (Å²) in [5, 5.41) is 0. The van der Waals surface area contributed by atoms with E-state index in [0.29, 0.717) is 19.3 Å². The Hall–Kier alpha value is -2.63. The molecule has 0 aromatic carbocycles. The summed E-state index contributed by atoms with van der Waals surface area (Å²) >= 11 is 0. The fourth-order valence-corrected chi connectivity index (χ4v) is 9.02. The molecular formula is C64H116O6. The molecule has 0 heterocycles. The number of hydrogen-bond acceptors (Lipinski definition) is 6. The monoisotopic (exact) mass is 981 g/mol. The second-order valence-electron chi connectivity index (χ2n) is 20.6. The Bertz CT molecular complexity index is 1220. The molecule has 6 heteroatoms. The lowest BCUT2D eigenvalue weighted by atomic mass is 10.0. The molecule has 0 N–H and O–H groups in total. The number of hydrogen-bond donors (Lipinski definition) is 0. The molecule has 0 aliphatic rings. The molecule has 0 spiro atoms. The van der Waals surface area contributed by atoms with Crippen LogP contribution < -0.4 is 0 Å². The minimum absolute atomic E-state index is 0.0684. The lowest BCUT2D eigenvalue weighted by Gasteiger charge is -2.18. The summed E-state index contributed by atoms with van der Waals surface area (Å²) in [5.41, 5.74) is 0. The van der Waals surface area contributed by atoms with Crippen molar-refractivity contribution in [1.29, 1.82) is 0 Å². The van der Waals surface area contributed by atoms with Crippen LogP contribution in [0, 0.1) is 0 Å². The molecular weight excluding hydrogens is 865 g/mol. The van der Waals surface area contributed by atoms with E-state index < -0.39 is 6.10 Å². The topological polar surface area (TPSA) is 78.9 Å². The van der Waals surface area contributed by atoms with Crippen molar-refractivity contribution < 1.29 is 28.6 Å². The van der Waals surface area contributed by atoms with Crippen LogP contribution >= 0.6 is 0 Å². The van der Waals surface area contributed by atoms with Gasteiger partial charge in [0.2, 0.25) is 0 Å². The van der Waals surface area contributed by atoms with Gasteiger partial charge in [0.05, 0.1) is 0 Å². The van der Waals surface area contributed by atoms with E-state index in [9.17, 15) is 14.4 Å². The van der Waals surface area contributed by atoms with E-state index in [1.165, 1.54) is 199 Å². The van der Waals surface area contributed by atoms with E-state index in [1.807, 2.05) is 0 Å². The summed E-state index contributed by atoms with van der Waals surface area (Å²) in [5.74, 6) is -0.854. The molecule has 408 valence electrons. The number of rotatable bonds is 56. The van der Waals surface area contributed by atoms with Crippen LogP contribution in [0.5, 0.6) is 0 Å². The number of carbonyl (C=O) groups excluding carboxylic acids is 3. The van der Waals surface area contributed by atoms with Crippen LogP contribution in [-0.4, -0.2) is 37.2 Å². The zero-order valence-electron chi connectivity index (χ0n) is 46.8. The SMILES string of the molecule is CC/C=C\C/C=C\C/C=C\C/C=C\CCCCCCCCCCCCCCC(=O)OCC(COC(=O)CCCCCCCCCCC)OC(=O)CCCCCCCCCCCCCCCCCCCC. The fraction of sp³-hybridized carbons (Fsp3) is 0.828. The van der Waals surface area contributed by atoms with E-state index in [1.54, 1.807) is 0 Å². The van der Waals surface area contributed by atoms with E-state index in [2.05, 4.69) is 69.4 Å². The average molecular weight is 982 g/mol. The van der Waals surface area contributed by atoms with Crippen LogP contribution in [0.15, 0.2) is 48.6 Å².